The van der Waals surface area contributed by atoms with Gasteiger partial charge >= 0.3 is 12.0 Å². The van der Waals surface area contributed by atoms with Crippen LogP contribution in [-0.2, 0) is 11.2 Å². The molecular formula is C15H20N2O4. The number of nitrogens with one attached hydrogen (secondary N) is 2. The molecule has 0 atom stereocenters. The number of carbonyl (C=O) groups is 2. The number of urea groups is 1. The highest BCUT2D eigenvalue weighted by Gasteiger charge is 2.15. The normalized spacial score (nSPS) is 15.4. The number of carboxylic acid groups (broad SMARTS) is 1. The van der Waals surface area contributed by atoms with Gasteiger partial charge in [0, 0.05) is 25.8 Å². The summed E-state index contributed by atoms with van der Waals surface area (Å²) in [5.74, 6) is -0.935. The molecule has 6 nitrogen and oxygen atoms in total. The molecule has 3 N–H and O–H groups in total. The van der Waals surface area contributed by atoms with E-state index in [0.717, 1.165) is 18.4 Å². The smallest absolute Gasteiger partial charge is 0.335 e. The van der Waals surface area contributed by atoms with Crippen LogP contribution in [0.4, 0.5) is 4.79 Å². The van der Waals surface area contributed by atoms with Gasteiger partial charge in [-0.05, 0) is 37.0 Å². The standard InChI is InChI=1S/C15H20N2O4/c18-14(19)12-3-1-11(2-4-12)5-8-16-15(20)17-13-6-9-21-10-7-13/h1-4,13H,5-10H2,(H,18,19)(H2,16,17,20). The molecule has 1 aliphatic rings. The van der Waals surface area contributed by atoms with Gasteiger partial charge in [-0.15, -0.1) is 0 Å². The molecule has 0 unspecified atom stereocenters. The first kappa shape index (κ1) is 15.3. The Hall–Kier alpha value is -2.08. The van der Waals surface area contributed by atoms with Crippen molar-refractivity contribution in [3.63, 3.8) is 0 Å². The van der Waals surface area contributed by atoms with Crippen LogP contribution in [0.5, 0.6) is 0 Å². The van der Waals surface area contributed by atoms with Crippen LogP contribution in [0.2, 0.25) is 0 Å². The van der Waals surface area contributed by atoms with Gasteiger partial charge in [-0.1, -0.05) is 12.1 Å². The van der Waals surface area contributed by atoms with Crippen LogP contribution in [0.15, 0.2) is 24.3 Å². The molecule has 6 heteroatoms. The number of rotatable bonds is 5. The molecule has 1 aromatic carbocycles. The molecule has 1 saturated heterocycles. The van der Waals surface area contributed by atoms with Crippen molar-refractivity contribution < 1.29 is 19.4 Å². The lowest BCUT2D eigenvalue weighted by Gasteiger charge is -2.23. The summed E-state index contributed by atoms with van der Waals surface area (Å²) >= 11 is 0. The Labute approximate surface area is 123 Å². The zero-order valence-corrected chi connectivity index (χ0v) is 11.8. The second-order valence-corrected chi connectivity index (χ2v) is 5.04. The van der Waals surface area contributed by atoms with E-state index < -0.39 is 5.97 Å². The highest BCUT2D eigenvalue weighted by atomic mass is 16.5. The van der Waals surface area contributed by atoms with Crippen LogP contribution in [0.1, 0.15) is 28.8 Å². The van der Waals surface area contributed by atoms with Crippen LogP contribution in [0.25, 0.3) is 0 Å². The van der Waals surface area contributed by atoms with Crippen LogP contribution < -0.4 is 10.6 Å². The van der Waals surface area contributed by atoms with Crippen molar-refractivity contribution in [2.75, 3.05) is 19.8 Å². The lowest BCUT2D eigenvalue weighted by atomic mass is 10.1. The molecule has 114 valence electrons. The van der Waals surface area contributed by atoms with Crippen LogP contribution in [-0.4, -0.2) is 42.9 Å². The maximum absolute atomic E-state index is 11.7. The molecule has 1 heterocycles. The van der Waals surface area contributed by atoms with Gasteiger partial charge in [0.1, 0.15) is 0 Å². The first-order valence-electron chi connectivity index (χ1n) is 7.09. The highest BCUT2D eigenvalue weighted by molar-refractivity contribution is 5.87. The Bertz CT molecular complexity index is 481. The van der Waals surface area contributed by atoms with E-state index in [2.05, 4.69) is 10.6 Å². The molecule has 2 amide bonds. The SMILES string of the molecule is O=C(NCCc1ccc(C(=O)O)cc1)NC1CCOCC1. The molecule has 0 spiro atoms. The largest absolute Gasteiger partial charge is 0.478 e. The second-order valence-electron chi connectivity index (χ2n) is 5.04. The van der Waals surface area contributed by atoms with Crippen LogP contribution >= 0.6 is 0 Å². The monoisotopic (exact) mass is 292 g/mol. The van der Waals surface area contributed by atoms with E-state index in [0.29, 0.717) is 26.2 Å². The number of aromatic carboxylic acids is 1. The zero-order valence-electron chi connectivity index (χ0n) is 11.8. The Morgan fingerprint density at radius 2 is 1.86 bits per heavy atom. The summed E-state index contributed by atoms with van der Waals surface area (Å²) in [6.45, 7) is 1.91. The van der Waals surface area contributed by atoms with Gasteiger partial charge in [0.25, 0.3) is 0 Å². The number of hydrogen-bond acceptors (Lipinski definition) is 3. The second kappa shape index (κ2) is 7.64. The summed E-state index contributed by atoms with van der Waals surface area (Å²) in [4.78, 5) is 22.4. The number of benzene rings is 1. The molecule has 0 aliphatic carbocycles. The van der Waals surface area contributed by atoms with E-state index in [1.54, 1.807) is 24.3 Å². The van der Waals surface area contributed by atoms with Crippen molar-refractivity contribution in [1.29, 1.82) is 0 Å². The molecule has 1 aliphatic heterocycles. The fraction of sp³-hybridized carbons (Fsp3) is 0.467. The minimum atomic E-state index is -0.935. The first-order valence-corrected chi connectivity index (χ1v) is 7.09. The number of carboxylic acids is 1. The third-order valence-electron chi connectivity index (χ3n) is 3.46. The average Bonchev–Trinajstić information content (AvgIpc) is 2.49. The number of amides is 2. The molecule has 1 fully saturated rings. The summed E-state index contributed by atoms with van der Waals surface area (Å²) in [6.07, 6.45) is 2.37. The summed E-state index contributed by atoms with van der Waals surface area (Å²) < 4.78 is 5.23. The minimum absolute atomic E-state index is 0.163. The molecule has 1 aromatic rings. The van der Waals surface area contributed by atoms with Crippen molar-refractivity contribution in [2.45, 2.75) is 25.3 Å². The van der Waals surface area contributed by atoms with Crippen molar-refractivity contribution in [3.8, 4) is 0 Å². The Kier molecular flexibility index (Phi) is 5.57. The Balaban J connectivity index is 1.68. The van der Waals surface area contributed by atoms with Crippen molar-refractivity contribution >= 4 is 12.0 Å². The molecule has 0 saturated carbocycles. The van der Waals surface area contributed by atoms with Crippen molar-refractivity contribution in [2.24, 2.45) is 0 Å². The molecule has 21 heavy (non-hydrogen) atoms. The maximum Gasteiger partial charge on any atom is 0.335 e. The van der Waals surface area contributed by atoms with Gasteiger partial charge in [-0.3, -0.25) is 0 Å². The first-order chi connectivity index (χ1) is 10.1. The van der Waals surface area contributed by atoms with Gasteiger partial charge < -0.3 is 20.5 Å². The van der Waals surface area contributed by atoms with Gasteiger partial charge in [0.05, 0.1) is 5.56 Å². The summed E-state index contributed by atoms with van der Waals surface area (Å²) in [7, 11) is 0. The van der Waals surface area contributed by atoms with E-state index in [1.165, 1.54) is 0 Å². The van der Waals surface area contributed by atoms with Gasteiger partial charge in [0.15, 0.2) is 0 Å². The molecule has 0 radical (unpaired) electrons. The quantitative estimate of drug-likeness (QED) is 0.765. The third-order valence-corrected chi connectivity index (χ3v) is 3.46. The van der Waals surface area contributed by atoms with E-state index in [-0.39, 0.29) is 17.6 Å². The van der Waals surface area contributed by atoms with E-state index >= 15 is 0 Å². The Morgan fingerprint density at radius 1 is 1.19 bits per heavy atom. The topological polar surface area (TPSA) is 87.7 Å². The molecular weight excluding hydrogens is 272 g/mol. The van der Waals surface area contributed by atoms with Crippen molar-refractivity contribution in [3.05, 3.63) is 35.4 Å². The predicted octanol–water partition coefficient (Wildman–Crippen LogP) is 1.41. The third kappa shape index (κ3) is 5.07. The summed E-state index contributed by atoms with van der Waals surface area (Å²) in [6, 6.07) is 6.69. The molecule has 0 aromatic heterocycles. The number of ether oxygens (including phenoxy) is 1. The van der Waals surface area contributed by atoms with Crippen molar-refractivity contribution in [1.82, 2.24) is 10.6 Å². The Morgan fingerprint density at radius 3 is 2.48 bits per heavy atom. The maximum atomic E-state index is 11.7. The molecule has 2 rings (SSSR count). The number of hydrogen-bond donors (Lipinski definition) is 3. The fourth-order valence-electron chi connectivity index (χ4n) is 2.21. The zero-order chi connectivity index (χ0) is 15.1. The van der Waals surface area contributed by atoms with Gasteiger partial charge in [0.2, 0.25) is 0 Å². The van der Waals surface area contributed by atoms with E-state index in [9.17, 15) is 9.59 Å². The average molecular weight is 292 g/mol. The fourth-order valence-corrected chi connectivity index (χ4v) is 2.21. The number of carbonyl (C=O) groups excluding carboxylic acids is 1. The minimum Gasteiger partial charge on any atom is -0.478 e. The summed E-state index contributed by atoms with van der Waals surface area (Å²) in [5, 5.41) is 14.5. The summed E-state index contributed by atoms with van der Waals surface area (Å²) in [5.41, 5.74) is 1.26. The van der Waals surface area contributed by atoms with E-state index in [1.807, 2.05) is 0 Å². The van der Waals surface area contributed by atoms with Gasteiger partial charge in [-0.25, -0.2) is 9.59 Å². The predicted molar refractivity (Wildman–Crippen MR) is 77.5 cm³/mol. The van der Waals surface area contributed by atoms with Gasteiger partial charge in [-0.2, -0.15) is 0 Å². The van der Waals surface area contributed by atoms with E-state index in [4.69, 9.17) is 9.84 Å². The van der Waals surface area contributed by atoms with Crippen LogP contribution in [0.3, 0.4) is 0 Å². The highest BCUT2D eigenvalue weighted by Crippen LogP contribution is 2.06. The molecule has 0 bridgehead atoms. The lowest BCUT2D eigenvalue weighted by Crippen LogP contribution is -2.44. The lowest BCUT2D eigenvalue weighted by molar-refractivity contribution is 0.0696. The van der Waals surface area contributed by atoms with Crippen LogP contribution in [0, 0.1) is 0 Å².